The molecule has 0 unspecified atom stereocenters. The number of anilines is 1. The molecule has 0 radical (unpaired) electrons. The molecule has 0 atom stereocenters. The number of nitrogens with two attached hydrogens (primary N) is 1. The largest absolute Gasteiger partial charge is 0.383 e. The number of hydrogen-bond donors (Lipinski definition) is 1. The zero-order chi connectivity index (χ0) is 14.3. The third kappa shape index (κ3) is 2.02. The molecule has 2 heterocycles. The van der Waals surface area contributed by atoms with E-state index in [2.05, 4.69) is 43.2 Å². The second-order valence-electron chi connectivity index (χ2n) is 4.96. The monoisotopic (exact) mass is 283 g/mol. The Labute approximate surface area is 122 Å². The molecule has 20 heavy (non-hydrogen) atoms. The van der Waals surface area contributed by atoms with Crippen LogP contribution in [-0.4, -0.2) is 9.78 Å². The van der Waals surface area contributed by atoms with Gasteiger partial charge in [0.25, 0.3) is 0 Å². The number of nitrogens with zero attached hydrogens (tertiary/aromatic N) is 2. The quantitative estimate of drug-likeness (QED) is 0.772. The number of aryl methyl sites for hydroxylation is 3. The van der Waals surface area contributed by atoms with Crippen molar-refractivity contribution < 1.29 is 0 Å². The average Bonchev–Trinajstić information content (AvgIpc) is 2.96. The van der Waals surface area contributed by atoms with E-state index in [0.29, 0.717) is 5.82 Å². The van der Waals surface area contributed by atoms with Gasteiger partial charge in [0.15, 0.2) is 0 Å². The molecule has 4 heteroatoms. The Kier molecular flexibility index (Phi) is 3.10. The van der Waals surface area contributed by atoms with E-state index in [1.807, 2.05) is 19.2 Å². The fourth-order valence-electron chi connectivity index (χ4n) is 2.39. The summed E-state index contributed by atoms with van der Waals surface area (Å²) in [5, 5.41) is 4.61. The first kappa shape index (κ1) is 12.9. The van der Waals surface area contributed by atoms with Crippen LogP contribution in [0.1, 0.15) is 10.4 Å². The van der Waals surface area contributed by atoms with Gasteiger partial charge in [0, 0.05) is 11.9 Å². The summed E-state index contributed by atoms with van der Waals surface area (Å²) in [6.45, 7) is 4.21. The molecular formula is C16H17N3S. The molecule has 0 fully saturated rings. The maximum atomic E-state index is 6.25. The van der Waals surface area contributed by atoms with Gasteiger partial charge in [0.2, 0.25) is 0 Å². The van der Waals surface area contributed by atoms with Crippen LogP contribution in [-0.2, 0) is 7.05 Å². The van der Waals surface area contributed by atoms with Crippen molar-refractivity contribution in [3.63, 3.8) is 0 Å². The maximum Gasteiger partial charge on any atom is 0.129 e. The first-order chi connectivity index (χ1) is 9.58. The van der Waals surface area contributed by atoms with Crippen molar-refractivity contribution in [2.75, 3.05) is 5.73 Å². The molecule has 2 N–H and O–H groups in total. The Morgan fingerprint density at radius 3 is 2.50 bits per heavy atom. The number of thiophene rings is 1. The summed E-state index contributed by atoms with van der Waals surface area (Å²) in [6, 6.07) is 12.5. The lowest BCUT2D eigenvalue weighted by Gasteiger charge is -2.06. The van der Waals surface area contributed by atoms with E-state index in [1.54, 1.807) is 16.0 Å². The van der Waals surface area contributed by atoms with Crippen LogP contribution in [0.25, 0.3) is 21.7 Å². The molecule has 0 amide bonds. The predicted molar refractivity (Wildman–Crippen MR) is 85.8 cm³/mol. The van der Waals surface area contributed by atoms with E-state index < -0.39 is 0 Å². The maximum absolute atomic E-state index is 6.25. The lowest BCUT2D eigenvalue weighted by Crippen LogP contribution is -1.98. The molecule has 3 rings (SSSR count). The van der Waals surface area contributed by atoms with Crippen LogP contribution >= 0.6 is 11.3 Å². The molecule has 0 aliphatic carbocycles. The Bertz CT molecular complexity index is 768. The van der Waals surface area contributed by atoms with Gasteiger partial charge >= 0.3 is 0 Å². The van der Waals surface area contributed by atoms with Crippen LogP contribution in [0.2, 0.25) is 0 Å². The topological polar surface area (TPSA) is 43.8 Å². The highest BCUT2D eigenvalue weighted by Gasteiger charge is 2.19. The molecule has 0 aliphatic rings. The molecule has 0 spiro atoms. The lowest BCUT2D eigenvalue weighted by atomic mass is 10.00. The summed E-state index contributed by atoms with van der Waals surface area (Å²) >= 11 is 1.75. The molecule has 1 aromatic carbocycles. The molecule has 3 aromatic rings. The number of hydrogen-bond acceptors (Lipinski definition) is 3. The van der Waals surface area contributed by atoms with Gasteiger partial charge < -0.3 is 5.73 Å². The van der Waals surface area contributed by atoms with Crippen LogP contribution in [0.15, 0.2) is 36.4 Å². The first-order valence-corrected chi connectivity index (χ1v) is 7.35. The van der Waals surface area contributed by atoms with Gasteiger partial charge in [0.1, 0.15) is 11.5 Å². The van der Waals surface area contributed by atoms with Crippen molar-refractivity contribution in [1.82, 2.24) is 9.78 Å². The fraction of sp³-hybridized carbons (Fsp3) is 0.188. The number of nitrogen functional groups attached to an aromatic ring is 1. The standard InChI is InChI=1S/C16H17N3S/c1-10-6-4-5-7-12(10)14-15(18-19(3)16(14)17)13-9-8-11(2)20-13/h4-9H,17H2,1-3H3. The van der Waals surface area contributed by atoms with E-state index in [4.69, 9.17) is 5.73 Å². The zero-order valence-electron chi connectivity index (χ0n) is 11.8. The van der Waals surface area contributed by atoms with Gasteiger partial charge in [-0.05, 0) is 37.1 Å². The highest BCUT2D eigenvalue weighted by Crippen LogP contribution is 2.39. The van der Waals surface area contributed by atoms with Crippen LogP contribution in [0.5, 0.6) is 0 Å². The third-order valence-electron chi connectivity index (χ3n) is 3.48. The normalized spacial score (nSPS) is 10.9. The highest BCUT2D eigenvalue weighted by atomic mass is 32.1. The van der Waals surface area contributed by atoms with E-state index in [1.165, 1.54) is 10.4 Å². The fourth-order valence-corrected chi connectivity index (χ4v) is 3.25. The molecule has 3 nitrogen and oxygen atoms in total. The molecule has 0 saturated carbocycles. The van der Waals surface area contributed by atoms with Crippen molar-refractivity contribution in [3.05, 3.63) is 46.8 Å². The molecule has 102 valence electrons. The third-order valence-corrected chi connectivity index (χ3v) is 4.49. The molecular weight excluding hydrogens is 266 g/mol. The minimum absolute atomic E-state index is 0.709. The Balaban J connectivity index is 2.28. The summed E-state index contributed by atoms with van der Waals surface area (Å²) in [5.74, 6) is 0.709. The Morgan fingerprint density at radius 1 is 1.10 bits per heavy atom. The molecule has 0 bridgehead atoms. The SMILES string of the molecule is Cc1ccc(-c2nn(C)c(N)c2-c2ccccc2C)s1. The highest BCUT2D eigenvalue weighted by molar-refractivity contribution is 7.15. The van der Waals surface area contributed by atoms with E-state index in [0.717, 1.165) is 21.7 Å². The summed E-state index contributed by atoms with van der Waals surface area (Å²) in [4.78, 5) is 2.44. The van der Waals surface area contributed by atoms with Crippen molar-refractivity contribution in [2.24, 2.45) is 7.05 Å². The molecule has 0 saturated heterocycles. The molecule has 0 aliphatic heterocycles. The smallest absolute Gasteiger partial charge is 0.129 e. The Hall–Kier alpha value is -2.07. The van der Waals surface area contributed by atoms with Gasteiger partial charge in [-0.2, -0.15) is 5.10 Å². The minimum Gasteiger partial charge on any atom is -0.383 e. The van der Waals surface area contributed by atoms with E-state index in [9.17, 15) is 0 Å². The first-order valence-electron chi connectivity index (χ1n) is 6.53. The second-order valence-corrected chi connectivity index (χ2v) is 6.25. The van der Waals surface area contributed by atoms with Crippen LogP contribution in [0.4, 0.5) is 5.82 Å². The van der Waals surface area contributed by atoms with Crippen molar-refractivity contribution in [1.29, 1.82) is 0 Å². The van der Waals surface area contributed by atoms with E-state index in [-0.39, 0.29) is 0 Å². The average molecular weight is 283 g/mol. The summed E-state index contributed by atoms with van der Waals surface area (Å²) in [6.07, 6.45) is 0. The lowest BCUT2D eigenvalue weighted by molar-refractivity contribution is 0.783. The van der Waals surface area contributed by atoms with Crippen molar-refractivity contribution in [3.8, 4) is 21.7 Å². The summed E-state index contributed by atoms with van der Waals surface area (Å²) in [5.41, 5.74) is 10.6. The van der Waals surface area contributed by atoms with Crippen LogP contribution < -0.4 is 5.73 Å². The van der Waals surface area contributed by atoms with Crippen LogP contribution in [0, 0.1) is 13.8 Å². The summed E-state index contributed by atoms with van der Waals surface area (Å²) < 4.78 is 1.76. The number of rotatable bonds is 2. The van der Waals surface area contributed by atoms with Gasteiger partial charge in [-0.25, -0.2) is 0 Å². The zero-order valence-corrected chi connectivity index (χ0v) is 12.7. The van der Waals surface area contributed by atoms with Gasteiger partial charge in [-0.3, -0.25) is 4.68 Å². The molecule has 2 aromatic heterocycles. The van der Waals surface area contributed by atoms with Crippen molar-refractivity contribution >= 4 is 17.2 Å². The minimum atomic E-state index is 0.709. The van der Waals surface area contributed by atoms with Gasteiger partial charge in [-0.15, -0.1) is 11.3 Å². The second kappa shape index (κ2) is 4.80. The number of benzene rings is 1. The van der Waals surface area contributed by atoms with Gasteiger partial charge in [0.05, 0.1) is 10.4 Å². The Morgan fingerprint density at radius 2 is 1.85 bits per heavy atom. The van der Waals surface area contributed by atoms with Crippen molar-refractivity contribution in [2.45, 2.75) is 13.8 Å². The van der Waals surface area contributed by atoms with Gasteiger partial charge in [-0.1, -0.05) is 24.3 Å². The van der Waals surface area contributed by atoms with Crippen LogP contribution in [0.3, 0.4) is 0 Å². The van der Waals surface area contributed by atoms with E-state index >= 15 is 0 Å². The predicted octanol–water partition coefficient (Wildman–Crippen LogP) is 4.01. The summed E-state index contributed by atoms with van der Waals surface area (Å²) in [7, 11) is 1.89. The number of aromatic nitrogens is 2.